The minimum Gasteiger partial charge on any atom is -0.496 e. The molecule has 2 heterocycles. The Labute approximate surface area is 151 Å². The average molecular weight is 352 g/mol. The molecule has 3 rings (SSSR count). The summed E-state index contributed by atoms with van der Waals surface area (Å²) in [5.41, 5.74) is 2.06. The van der Waals surface area contributed by atoms with Crippen molar-refractivity contribution in [2.45, 2.75) is 13.0 Å². The highest BCUT2D eigenvalue weighted by atomic mass is 16.5. The largest absolute Gasteiger partial charge is 0.496 e. The molecule has 0 aliphatic heterocycles. The van der Waals surface area contributed by atoms with Crippen LogP contribution in [0.2, 0.25) is 0 Å². The van der Waals surface area contributed by atoms with Gasteiger partial charge in [-0.3, -0.25) is 9.59 Å². The van der Waals surface area contributed by atoms with Gasteiger partial charge in [-0.05, 0) is 24.3 Å². The van der Waals surface area contributed by atoms with Crippen LogP contribution in [0.4, 0.5) is 0 Å². The van der Waals surface area contributed by atoms with Gasteiger partial charge in [-0.25, -0.2) is 4.98 Å². The molecule has 3 aromatic rings. The van der Waals surface area contributed by atoms with Crippen LogP contribution in [0.25, 0.3) is 5.65 Å². The summed E-state index contributed by atoms with van der Waals surface area (Å²) in [7, 11) is 1.51. The first-order valence-corrected chi connectivity index (χ1v) is 8.28. The van der Waals surface area contributed by atoms with Crippen LogP contribution in [0, 0.1) is 0 Å². The van der Waals surface area contributed by atoms with Crippen LogP contribution < -0.4 is 15.4 Å². The molecule has 2 N–H and O–H groups in total. The van der Waals surface area contributed by atoms with Gasteiger partial charge in [0.1, 0.15) is 11.4 Å². The van der Waals surface area contributed by atoms with Crippen LogP contribution in [0.15, 0.2) is 54.9 Å². The summed E-state index contributed by atoms with van der Waals surface area (Å²) in [6.07, 6.45) is 3.97. The van der Waals surface area contributed by atoms with E-state index >= 15 is 0 Å². The highest BCUT2D eigenvalue weighted by Crippen LogP contribution is 2.16. The smallest absolute Gasteiger partial charge is 0.255 e. The summed E-state index contributed by atoms with van der Waals surface area (Å²) in [6.45, 7) is 0.592. The molecule has 0 atom stereocenters. The van der Waals surface area contributed by atoms with Crippen molar-refractivity contribution < 1.29 is 14.3 Å². The van der Waals surface area contributed by atoms with Crippen LogP contribution >= 0.6 is 0 Å². The van der Waals surface area contributed by atoms with Gasteiger partial charge in [0.15, 0.2) is 0 Å². The molecule has 1 aromatic carbocycles. The molecule has 26 heavy (non-hydrogen) atoms. The van der Waals surface area contributed by atoms with Crippen molar-refractivity contribution in [3.05, 3.63) is 66.1 Å². The zero-order chi connectivity index (χ0) is 18.4. The van der Waals surface area contributed by atoms with E-state index in [2.05, 4.69) is 15.6 Å². The number of hydrogen-bond acceptors (Lipinski definition) is 4. The average Bonchev–Trinajstić information content (AvgIpc) is 3.09. The summed E-state index contributed by atoms with van der Waals surface area (Å²) >= 11 is 0. The highest BCUT2D eigenvalue weighted by Gasteiger charge is 2.11. The molecule has 2 amide bonds. The lowest BCUT2D eigenvalue weighted by atomic mass is 10.2. The predicted molar refractivity (Wildman–Crippen MR) is 97.0 cm³/mol. The number of rotatable bonds is 7. The molecule has 0 spiro atoms. The van der Waals surface area contributed by atoms with Crippen molar-refractivity contribution in [3.63, 3.8) is 0 Å². The van der Waals surface area contributed by atoms with Gasteiger partial charge >= 0.3 is 0 Å². The van der Waals surface area contributed by atoms with Crippen molar-refractivity contribution in [1.29, 1.82) is 0 Å². The first-order chi connectivity index (χ1) is 12.7. The predicted octanol–water partition coefficient (Wildman–Crippen LogP) is 1.78. The molecule has 7 nitrogen and oxygen atoms in total. The Balaban J connectivity index is 1.44. The molecule has 7 heteroatoms. The van der Waals surface area contributed by atoms with Gasteiger partial charge in [0, 0.05) is 25.4 Å². The number of benzene rings is 1. The van der Waals surface area contributed by atoms with E-state index in [9.17, 15) is 9.59 Å². The molecular weight excluding hydrogens is 332 g/mol. The first-order valence-electron chi connectivity index (χ1n) is 8.28. The van der Waals surface area contributed by atoms with E-state index in [0.717, 1.165) is 11.3 Å². The third kappa shape index (κ3) is 4.18. The molecule has 0 radical (unpaired) electrons. The molecule has 0 fully saturated rings. The molecule has 0 unspecified atom stereocenters. The van der Waals surface area contributed by atoms with Crippen molar-refractivity contribution in [3.8, 4) is 5.75 Å². The van der Waals surface area contributed by atoms with Crippen molar-refractivity contribution in [2.24, 2.45) is 0 Å². The molecule has 0 saturated heterocycles. The second-order valence-corrected chi connectivity index (χ2v) is 5.68. The molecule has 134 valence electrons. The van der Waals surface area contributed by atoms with Crippen LogP contribution in [0.5, 0.6) is 5.75 Å². The third-order valence-electron chi connectivity index (χ3n) is 3.87. The number of carbonyl (C=O) groups is 2. The molecule has 0 aliphatic rings. The number of nitrogens with one attached hydrogen (secondary N) is 2. The minimum atomic E-state index is -0.268. The summed E-state index contributed by atoms with van der Waals surface area (Å²) in [4.78, 5) is 28.5. The van der Waals surface area contributed by atoms with E-state index < -0.39 is 0 Å². The lowest BCUT2D eigenvalue weighted by molar-refractivity contribution is -0.121. The number of ether oxygens (including phenoxy) is 1. The Morgan fingerprint density at radius 3 is 2.73 bits per heavy atom. The number of carbonyl (C=O) groups excluding carboxylic acids is 2. The topological polar surface area (TPSA) is 84.7 Å². The number of pyridine rings is 1. The van der Waals surface area contributed by atoms with Crippen molar-refractivity contribution in [1.82, 2.24) is 20.0 Å². The second kappa shape index (κ2) is 8.15. The number of hydrogen-bond donors (Lipinski definition) is 2. The van der Waals surface area contributed by atoms with Gasteiger partial charge in [-0.1, -0.05) is 18.2 Å². The number of fused-ring (bicyclic) bond motifs is 1. The fraction of sp³-hybridized carbons (Fsp3) is 0.211. The maximum atomic E-state index is 12.1. The number of para-hydroxylation sites is 1. The monoisotopic (exact) mass is 352 g/mol. The standard InChI is InChI=1S/C19H20N4O3/c1-26-16-7-3-2-6-15(16)19(25)20-10-9-18(24)21-12-14-13-23-11-5-4-8-17(23)22-14/h2-8,11,13H,9-10,12H2,1H3,(H,20,25)(H,21,24). The van der Waals surface area contributed by atoms with Gasteiger partial charge in [0.2, 0.25) is 5.91 Å². The maximum absolute atomic E-state index is 12.1. The Kier molecular flexibility index (Phi) is 5.48. The fourth-order valence-electron chi connectivity index (χ4n) is 2.57. The van der Waals surface area contributed by atoms with Gasteiger partial charge in [0.25, 0.3) is 5.91 Å². The van der Waals surface area contributed by atoms with E-state index in [-0.39, 0.29) is 24.8 Å². The molecular formula is C19H20N4O3. The van der Waals surface area contributed by atoms with Crippen LogP contribution in [-0.4, -0.2) is 34.9 Å². The number of amides is 2. The van der Waals surface area contributed by atoms with Crippen molar-refractivity contribution in [2.75, 3.05) is 13.7 Å². The Morgan fingerprint density at radius 1 is 1.12 bits per heavy atom. The van der Waals surface area contributed by atoms with E-state index in [0.29, 0.717) is 17.9 Å². The third-order valence-corrected chi connectivity index (χ3v) is 3.87. The zero-order valence-electron chi connectivity index (χ0n) is 14.4. The summed E-state index contributed by atoms with van der Waals surface area (Å²) < 4.78 is 7.06. The van der Waals surface area contributed by atoms with Gasteiger partial charge < -0.3 is 19.8 Å². The first kappa shape index (κ1) is 17.5. The van der Waals surface area contributed by atoms with E-state index in [1.54, 1.807) is 24.3 Å². The number of aromatic nitrogens is 2. The highest BCUT2D eigenvalue weighted by molar-refractivity contribution is 5.97. The van der Waals surface area contributed by atoms with Crippen molar-refractivity contribution >= 4 is 17.5 Å². The number of methoxy groups -OCH3 is 1. The minimum absolute atomic E-state index is 0.151. The van der Waals surface area contributed by atoms with Gasteiger partial charge in [0.05, 0.1) is 24.9 Å². The van der Waals surface area contributed by atoms with Gasteiger partial charge in [-0.2, -0.15) is 0 Å². The SMILES string of the molecule is COc1ccccc1C(=O)NCCC(=O)NCc1cn2ccccc2n1. The van der Waals surface area contributed by atoms with Crippen LogP contribution in [-0.2, 0) is 11.3 Å². The quantitative estimate of drug-likeness (QED) is 0.679. The number of nitrogens with zero attached hydrogens (tertiary/aromatic N) is 2. The van der Waals surface area contributed by atoms with E-state index in [4.69, 9.17) is 4.74 Å². The molecule has 0 saturated carbocycles. The zero-order valence-corrected chi connectivity index (χ0v) is 14.4. The maximum Gasteiger partial charge on any atom is 0.255 e. The lowest BCUT2D eigenvalue weighted by Gasteiger charge is -2.09. The normalized spacial score (nSPS) is 10.5. The Bertz CT molecular complexity index is 887. The Morgan fingerprint density at radius 2 is 1.92 bits per heavy atom. The van der Waals surface area contributed by atoms with E-state index in [1.807, 2.05) is 35.0 Å². The Hall–Kier alpha value is -3.35. The van der Waals surface area contributed by atoms with Crippen LogP contribution in [0.3, 0.4) is 0 Å². The molecule has 2 aromatic heterocycles. The summed E-state index contributed by atoms with van der Waals surface area (Å²) in [5, 5.41) is 5.53. The second-order valence-electron chi connectivity index (χ2n) is 5.68. The van der Waals surface area contributed by atoms with E-state index in [1.165, 1.54) is 7.11 Å². The summed E-state index contributed by atoms with van der Waals surface area (Å²) in [5.74, 6) is 0.0827. The molecule has 0 bridgehead atoms. The van der Waals surface area contributed by atoms with Gasteiger partial charge in [-0.15, -0.1) is 0 Å². The van der Waals surface area contributed by atoms with Crippen LogP contribution in [0.1, 0.15) is 22.5 Å². The summed E-state index contributed by atoms with van der Waals surface area (Å²) in [6, 6.07) is 12.7. The fourth-order valence-corrected chi connectivity index (χ4v) is 2.57. The lowest BCUT2D eigenvalue weighted by Crippen LogP contribution is -2.30. The molecule has 0 aliphatic carbocycles. The number of imidazole rings is 1.